The Morgan fingerprint density at radius 2 is 1.77 bits per heavy atom. The first-order chi connectivity index (χ1) is 11.9. The lowest BCUT2D eigenvalue weighted by molar-refractivity contribution is -0.0809. The molecule has 1 aromatic heterocycles. The monoisotopic (exact) mass is 494 g/mol. The fourth-order valence-electron chi connectivity index (χ4n) is 4.18. The summed E-state index contributed by atoms with van der Waals surface area (Å²) in [5, 5.41) is -0.197. The lowest BCUT2D eigenvalue weighted by atomic mass is 10.2. The van der Waals surface area contributed by atoms with Crippen molar-refractivity contribution in [2.75, 3.05) is 6.61 Å². The average molecular weight is 494 g/mol. The van der Waals surface area contributed by atoms with E-state index in [0.717, 1.165) is 0 Å². The largest absolute Gasteiger partial charge is 0.391 e. The minimum absolute atomic E-state index is 0.0987. The highest BCUT2D eigenvalue weighted by molar-refractivity contribution is 14.1. The predicted molar refractivity (Wildman–Crippen MR) is 109 cm³/mol. The second kappa shape index (κ2) is 6.54. The van der Waals surface area contributed by atoms with Crippen LogP contribution in [0.15, 0.2) is 15.8 Å². The van der Waals surface area contributed by atoms with Crippen LogP contribution in [0.25, 0.3) is 0 Å². The van der Waals surface area contributed by atoms with Gasteiger partial charge in [-0.2, -0.15) is 0 Å². The topological polar surface area (TPSA) is 82.5 Å². The number of nitrogens with one attached hydrogen (secondary N) is 1. The van der Waals surface area contributed by atoms with Crippen LogP contribution in [0.5, 0.6) is 0 Å². The molecular weight excluding hydrogens is 467 g/mol. The normalized spacial score (nSPS) is 28.8. The fourth-order valence-corrected chi connectivity index (χ4v) is 9.58. The summed E-state index contributed by atoms with van der Waals surface area (Å²) in [6.07, 6.45) is 1.33. The summed E-state index contributed by atoms with van der Waals surface area (Å²) in [6, 6.07) is 0. The van der Waals surface area contributed by atoms with Crippen molar-refractivity contribution >= 4 is 31.2 Å². The van der Waals surface area contributed by atoms with Gasteiger partial charge in [-0.1, -0.05) is 41.5 Å². The van der Waals surface area contributed by atoms with Crippen molar-refractivity contribution in [3.05, 3.63) is 30.6 Å². The number of halogens is 1. The second-order valence-electron chi connectivity index (χ2n) is 9.09. The van der Waals surface area contributed by atoms with E-state index in [9.17, 15) is 9.59 Å². The highest BCUT2D eigenvalue weighted by atomic mass is 127. The second-order valence-corrected chi connectivity index (χ2v) is 15.0. The summed E-state index contributed by atoms with van der Waals surface area (Å²) < 4.78 is 21.0. The zero-order valence-electron chi connectivity index (χ0n) is 16.1. The number of ether oxygens (including phenoxy) is 1. The van der Waals surface area contributed by atoms with Crippen LogP contribution in [0.3, 0.4) is 0 Å². The summed E-state index contributed by atoms with van der Waals surface area (Å²) in [7, 11) is -2.56. The van der Waals surface area contributed by atoms with Gasteiger partial charge in [-0.15, -0.1) is 0 Å². The van der Waals surface area contributed by atoms with Gasteiger partial charge in [0.15, 0.2) is 0 Å². The molecule has 0 aliphatic carbocycles. The number of H-pyrrole nitrogens is 1. The molecule has 146 valence electrons. The molecule has 0 radical (unpaired) electrons. The number of hydrogen-bond donors (Lipinski definition) is 1. The first-order valence-electron chi connectivity index (χ1n) is 8.84. The summed E-state index contributed by atoms with van der Waals surface area (Å²) >= 11 is 1.91. The van der Waals surface area contributed by atoms with Crippen molar-refractivity contribution in [1.29, 1.82) is 0 Å². The van der Waals surface area contributed by atoms with E-state index in [1.54, 1.807) is 6.20 Å². The smallest absolute Gasteiger partial charge is 0.349 e. The summed E-state index contributed by atoms with van der Waals surface area (Å²) in [5.41, 5.74) is -0.844. The molecule has 0 saturated carbocycles. The Morgan fingerprint density at radius 1 is 1.15 bits per heavy atom. The molecule has 3 atom stereocenters. The van der Waals surface area contributed by atoms with Gasteiger partial charge in [-0.25, -0.2) is 4.79 Å². The minimum Gasteiger partial charge on any atom is -0.391 e. The quantitative estimate of drug-likeness (QED) is 0.480. The van der Waals surface area contributed by atoms with Crippen LogP contribution in [0.2, 0.25) is 10.1 Å². The predicted octanol–water partition coefficient (Wildman–Crippen LogP) is 2.89. The molecule has 2 aliphatic rings. The molecule has 3 rings (SSSR count). The number of hydrogen-bond acceptors (Lipinski definition) is 5. The van der Waals surface area contributed by atoms with Gasteiger partial charge in [-0.05, 0) is 22.6 Å². The van der Waals surface area contributed by atoms with Crippen LogP contribution in [-0.4, -0.2) is 36.9 Å². The highest BCUT2D eigenvalue weighted by Gasteiger charge is 2.63. The van der Waals surface area contributed by atoms with Gasteiger partial charge in [0.25, 0.3) is 5.56 Å². The van der Waals surface area contributed by atoms with Crippen molar-refractivity contribution in [3.63, 3.8) is 0 Å². The van der Waals surface area contributed by atoms with E-state index in [2.05, 4.69) is 46.5 Å². The Bertz CT molecular complexity index is 793. The Hall–Kier alpha value is -0.493. The number of aromatic nitrogens is 2. The molecule has 1 aromatic rings. The molecule has 0 spiro atoms. The maximum absolute atomic E-state index is 12.2. The van der Waals surface area contributed by atoms with Crippen LogP contribution in [-0.2, 0) is 13.6 Å². The molecule has 2 fully saturated rings. The Morgan fingerprint density at radius 3 is 2.35 bits per heavy atom. The molecule has 0 aromatic carbocycles. The van der Waals surface area contributed by atoms with Crippen LogP contribution >= 0.6 is 22.6 Å². The van der Waals surface area contributed by atoms with E-state index in [1.165, 1.54) is 4.57 Å². The summed E-state index contributed by atoms with van der Waals surface area (Å²) in [6.45, 7) is 13.5. The van der Waals surface area contributed by atoms with E-state index in [4.69, 9.17) is 13.6 Å². The van der Waals surface area contributed by atoms with Gasteiger partial charge < -0.3 is 13.6 Å². The van der Waals surface area contributed by atoms with E-state index < -0.39 is 20.5 Å². The molecule has 26 heavy (non-hydrogen) atoms. The first-order valence-corrected chi connectivity index (χ1v) is 11.7. The third-order valence-corrected chi connectivity index (χ3v) is 11.1. The van der Waals surface area contributed by atoms with Crippen molar-refractivity contribution in [1.82, 2.24) is 9.55 Å². The van der Waals surface area contributed by atoms with Crippen LogP contribution < -0.4 is 11.2 Å². The highest BCUT2D eigenvalue weighted by Crippen LogP contribution is 2.55. The van der Waals surface area contributed by atoms with Crippen molar-refractivity contribution in [2.45, 2.75) is 76.5 Å². The maximum atomic E-state index is 12.2. The Balaban J connectivity index is 1.90. The van der Waals surface area contributed by atoms with Gasteiger partial charge in [0.2, 0.25) is 0 Å². The molecule has 0 amide bonds. The molecule has 9 heteroatoms. The van der Waals surface area contributed by atoms with Gasteiger partial charge in [0.05, 0.1) is 16.3 Å². The zero-order valence-corrected chi connectivity index (χ0v) is 19.2. The van der Waals surface area contributed by atoms with Crippen molar-refractivity contribution < 1.29 is 13.6 Å². The standard InChI is InChI=1S/C17H27IN2O5Si/c1-16(2,3)26(17(4,5)6)23-9-12-11(25-26)7-13(24-12)20-8-10(18)14(21)19-15(20)22/h8,11-13H,7,9H2,1-6H3,(H,19,21,22)/t11-,12+,13+/m0/s1. The molecule has 7 nitrogen and oxygen atoms in total. The molecular formula is C17H27IN2O5Si. The van der Waals surface area contributed by atoms with Crippen LogP contribution in [0.1, 0.15) is 54.2 Å². The fraction of sp³-hybridized carbons (Fsp3) is 0.765. The number of fused-ring (bicyclic) bond motifs is 1. The lowest BCUT2D eigenvalue weighted by Gasteiger charge is -2.53. The van der Waals surface area contributed by atoms with E-state index >= 15 is 0 Å². The van der Waals surface area contributed by atoms with Crippen LogP contribution in [0.4, 0.5) is 0 Å². The van der Waals surface area contributed by atoms with Gasteiger partial charge >= 0.3 is 14.3 Å². The Labute approximate surface area is 167 Å². The number of rotatable bonds is 1. The molecule has 0 bridgehead atoms. The maximum Gasteiger partial charge on any atom is 0.349 e. The number of aromatic amines is 1. The van der Waals surface area contributed by atoms with Crippen LogP contribution in [0, 0.1) is 3.57 Å². The number of nitrogens with zero attached hydrogens (tertiary/aromatic N) is 1. The van der Waals surface area contributed by atoms with Gasteiger partial charge in [-0.3, -0.25) is 14.3 Å². The zero-order chi connectivity index (χ0) is 19.5. The average Bonchev–Trinajstić information content (AvgIpc) is 2.91. The summed E-state index contributed by atoms with van der Waals surface area (Å²) in [4.78, 5) is 26.1. The third kappa shape index (κ3) is 3.25. The molecule has 2 saturated heterocycles. The SMILES string of the molecule is CC(C)(C)[Si]1(C(C)(C)C)OC[C@H]2O[C@@H](n3cc(I)c(=O)[nH]c3=O)C[C@@H]2O1. The molecule has 2 aliphatic heterocycles. The van der Waals surface area contributed by atoms with Gasteiger partial charge in [0.1, 0.15) is 12.3 Å². The lowest BCUT2D eigenvalue weighted by Crippen LogP contribution is -2.64. The minimum atomic E-state index is -2.56. The molecule has 0 unspecified atom stereocenters. The van der Waals surface area contributed by atoms with Crippen molar-refractivity contribution in [3.8, 4) is 0 Å². The van der Waals surface area contributed by atoms with E-state index in [-0.39, 0.29) is 27.8 Å². The summed E-state index contributed by atoms with van der Waals surface area (Å²) in [5.74, 6) is 0. The Kier molecular flexibility index (Phi) is 5.09. The molecule has 1 N–H and O–H groups in total. The van der Waals surface area contributed by atoms with E-state index in [1.807, 2.05) is 22.6 Å². The first kappa shape index (κ1) is 20.2. The van der Waals surface area contributed by atoms with E-state index in [0.29, 0.717) is 16.6 Å². The third-order valence-electron chi connectivity index (χ3n) is 5.16. The van der Waals surface area contributed by atoms with Crippen molar-refractivity contribution in [2.24, 2.45) is 0 Å². The molecule has 3 heterocycles. The van der Waals surface area contributed by atoms with Gasteiger partial charge in [0, 0.05) is 22.7 Å².